The van der Waals surface area contributed by atoms with Crippen molar-refractivity contribution in [2.75, 3.05) is 14.2 Å². The molecule has 4 aromatic rings. The van der Waals surface area contributed by atoms with E-state index >= 15 is 0 Å². The number of rotatable bonds is 6. The van der Waals surface area contributed by atoms with Crippen molar-refractivity contribution in [1.82, 2.24) is 4.57 Å². The molecule has 1 aliphatic carbocycles. The van der Waals surface area contributed by atoms with E-state index < -0.39 is 0 Å². The molecule has 0 bridgehead atoms. The lowest BCUT2D eigenvalue weighted by molar-refractivity contribution is 0.350. The van der Waals surface area contributed by atoms with Crippen molar-refractivity contribution in [3.05, 3.63) is 73.1 Å². The number of thiazole rings is 1. The smallest absolute Gasteiger partial charge is 0.345 e. The summed E-state index contributed by atoms with van der Waals surface area (Å²) in [4.78, 5) is 13.8. The van der Waals surface area contributed by atoms with E-state index in [9.17, 15) is 4.79 Å². The molecule has 0 unspecified atom stereocenters. The average Bonchev–Trinajstić information content (AvgIpc) is 3.32. The zero-order valence-electron chi connectivity index (χ0n) is 20.1. The topological polar surface area (TPSA) is 78.3 Å². The Morgan fingerprint density at radius 1 is 1.06 bits per heavy atom. The van der Waals surface area contributed by atoms with Crippen LogP contribution in [0, 0.1) is 0 Å². The van der Waals surface area contributed by atoms with E-state index in [1.54, 1.807) is 26.5 Å². The van der Waals surface area contributed by atoms with Crippen LogP contribution in [0.1, 0.15) is 43.7 Å². The van der Waals surface area contributed by atoms with Gasteiger partial charge >= 0.3 is 5.63 Å². The van der Waals surface area contributed by atoms with Crippen LogP contribution in [-0.2, 0) is 0 Å². The number of halogens is 1. The van der Waals surface area contributed by atoms with Gasteiger partial charge in [-0.1, -0.05) is 35.2 Å². The minimum absolute atomic E-state index is 0.257. The Morgan fingerprint density at radius 3 is 2.64 bits per heavy atom. The first kappa shape index (κ1) is 24.5. The van der Waals surface area contributed by atoms with Crippen molar-refractivity contribution in [2.45, 2.75) is 38.1 Å². The van der Waals surface area contributed by atoms with Crippen molar-refractivity contribution in [2.24, 2.45) is 10.2 Å². The number of hydrogen-bond donors (Lipinski definition) is 0. The predicted octanol–water partition coefficient (Wildman–Crippen LogP) is 6.54. The van der Waals surface area contributed by atoms with Crippen molar-refractivity contribution in [1.29, 1.82) is 0 Å². The van der Waals surface area contributed by atoms with Crippen molar-refractivity contribution >= 4 is 44.5 Å². The molecule has 0 amide bonds. The summed E-state index contributed by atoms with van der Waals surface area (Å²) in [6.07, 6.45) is 7.31. The molecule has 9 heteroatoms. The van der Waals surface area contributed by atoms with Gasteiger partial charge < -0.3 is 18.5 Å². The molecule has 7 nitrogen and oxygen atoms in total. The summed E-state index contributed by atoms with van der Waals surface area (Å²) in [5.41, 5.74) is 2.41. The molecular formula is C27H26BrN3O4S. The van der Waals surface area contributed by atoms with E-state index in [-0.39, 0.29) is 11.7 Å². The molecule has 0 saturated heterocycles. The van der Waals surface area contributed by atoms with Gasteiger partial charge in [-0.2, -0.15) is 5.10 Å². The van der Waals surface area contributed by atoms with Gasteiger partial charge in [0.25, 0.3) is 0 Å². The first-order chi connectivity index (χ1) is 17.6. The predicted molar refractivity (Wildman–Crippen MR) is 146 cm³/mol. The van der Waals surface area contributed by atoms with E-state index in [1.807, 2.05) is 41.8 Å². The van der Waals surface area contributed by atoms with Gasteiger partial charge in [0.05, 0.1) is 31.7 Å². The zero-order valence-corrected chi connectivity index (χ0v) is 22.5. The maximum Gasteiger partial charge on any atom is 0.345 e. The van der Waals surface area contributed by atoms with Crippen molar-refractivity contribution in [3.8, 4) is 22.8 Å². The van der Waals surface area contributed by atoms with Crippen molar-refractivity contribution in [3.63, 3.8) is 0 Å². The lowest BCUT2D eigenvalue weighted by atomic mass is 9.95. The van der Waals surface area contributed by atoms with E-state index in [2.05, 4.69) is 30.7 Å². The highest BCUT2D eigenvalue weighted by atomic mass is 79.9. The van der Waals surface area contributed by atoms with Gasteiger partial charge in [-0.15, -0.1) is 16.4 Å². The number of aromatic nitrogens is 1. The molecule has 1 aliphatic rings. The Hall–Kier alpha value is -3.17. The molecule has 5 rings (SSSR count). The molecule has 0 N–H and O–H groups in total. The Bertz CT molecular complexity index is 1550. The SMILES string of the molecule is COc1ccc(/C=N\N=c2/scc(-c3cc4cc(Br)ccc4oc3=O)n2C2CCCCC2)cc1OC. The second-order valence-electron chi connectivity index (χ2n) is 8.65. The summed E-state index contributed by atoms with van der Waals surface area (Å²) in [5, 5.41) is 11.8. The van der Waals surface area contributed by atoms with Crippen LogP contribution in [0.2, 0.25) is 0 Å². The zero-order chi connectivity index (χ0) is 25.1. The summed E-state index contributed by atoms with van der Waals surface area (Å²) in [6, 6.07) is 13.4. The largest absolute Gasteiger partial charge is 0.493 e. The van der Waals surface area contributed by atoms with Gasteiger partial charge in [0.1, 0.15) is 5.58 Å². The Balaban J connectivity index is 1.58. The molecule has 2 heterocycles. The van der Waals surface area contributed by atoms with Crippen LogP contribution >= 0.6 is 27.3 Å². The third-order valence-corrected chi connectivity index (χ3v) is 7.73. The highest BCUT2D eigenvalue weighted by Crippen LogP contribution is 2.32. The van der Waals surface area contributed by atoms with Crippen LogP contribution < -0.4 is 19.9 Å². The van der Waals surface area contributed by atoms with Gasteiger partial charge in [-0.25, -0.2) is 4.79 Å². The van der Waals surface area contributed by atoms with E-state index in [1.165, 1.54) is 17.8 Å². The summed E-state index contributed by atoms with van der Waals surface area (Å²) in [5.74, 6) is 1.29. The minimum atomic E-state index is -0.354. The maximum absolute atomic E-state index is 13.0. The molecule has 0 spiro atoms. The van der Waals surface area contributed by atoms with Gasteiger partial charge in [0.2, 0.25) is 4.80 Å². The van der Waals surface area contributed by atoms with Crippen LogP contribution in [0.5, 0.6) is 11.5 Å². The summed E-state index contributed by atoms with van der Waals surface area (Å²) < 4.78 is 19.5. The standard InChI is InChI=1S/C27H26BrN3O4S/c1-33-24-10-8-17(12-25(24)34-2)15-29-30-27-31(20-6-4-3-5-7-20)22(16-36-27)21-14-18-13-19(28)9-11-23(18)35-26(21)32/h8-16,20H,3-7H2,1-2H3/b29-15-,30-27-. The number of methoxy groups -OCH3 is 2. The molecule has 0 radical (unpaired) electrons. The first-order valence-corrected chi connectivity index (χ1v) is 13.5. The fourth-order valence-corrected chi connectivity index (χ4v) is 5.92. The second kappa shape index (κ2) is 10.8. The van der Waals surface area contributed by atoms with Gasteiger partial charge in [-0.3, -0.25) is 0 Å². The molecule has 186 valence electrons. The Kier molecular flexibility index (Phi) is 7.38. The number of hydrogen-bond acceptors (Lipinski definition) is 7. The number of fused-ring (bicyclic) bond motifs is 1. The third kappa shape index (κ3) is 5.03. The van der Waals surface area contributed by atoms with Gasteiger partial charge in [0.15, 0.2) is 11.5 Å². The van der Waals surface area contributed by atoms with Crippen LogP contribution in [-0.4, -0.2) is 25.0 Å². The Morgan fingerprint density at radius 2 is 1.86 bits per heavy atom. The molecule has 1 fully saturated rings. The summed E-state index contributed by atoms with van der Waals surface area (Å²) in [6.45, 7) is 0. The normalized spacial score (nSPS) is 15.1. The van der Waals surface area contributed by atoms with Crippen LogP contribution in [0.4, 0.5) is 0 Å². The quantitative estimate of drug-likeness (QED) is 0.150. The summed E-state index contributed by atoms with van der Waals surface area (Å²) in [7, 11) is 3.21. The van der Waals surface area contributed by atoms with Crippen LogP contribution in [0.25, 0.3) is 22.2 Å². The number of benzene rings is 2. The fourth-order valence-electron chi connectivity index (χ4n) is 4.63. The molecule has 0 atom stereocenters. The fraction of sp³-hybridized carbons (Fsp3) is 0.296. The van der Waals surface area contributed by atoms with E-state index in [0.717, 1.165) is 51.6 Å². The molecule has 2 aromatic heterocycles. The third-order valence-electron chi connectivity index (χ3n) is 6.41. The average molecular weight is 568 g/mol. The minimum Gasteiger partial charge on any atom is -0.493 e. The van der Waals surface area contributed by atoms with Crippen LogP contribution in [0.15, 0.2) is 71.7 Å². The lowest BCUT2D eigenvalue weighted by Gasteiger charge is -2.25. The molecule has 2 aromatic carbocycles. The van der Waals surface area contributed by atoms with Crippen molar-refractivity contribution < 1.29 is 13.9 Å². The maximum atomic E-state index is 13.0. The number of ether oxygens (including phenoxy) is 2. The first-order valence-electron chi connectivity index (χ1n) is 11.8. The Labute approximate surface area is 220 Å². The van der Waals surface area contributed by atoms with Gasteiger partial charge in [0, 0.05) is 21.3 Å². The lowest BCUT2D eigenvalue weighted by Crippen LogP contribution is -2.24. The second-order valence-corrected chi connectivity index (χ2v) is 10.4. The molecule has 1 saturated carbocycles. The van der Waals surface area contributed by atoms with E-state index in [4.69, 9.17) is 13.9 Å². The van der Waals surface area contributed by atoms with Crippen LogP contribution in [0.3, 0.4) is 0 Å². The monoisotopic (exact) mass is 567 g/mol. The molecule has 36 heavy (non-hydrogen) atoms. The van der Waals surface area contributed by atoms with E-state index in [0.29, 0.717) is 22.6 Å². The highest BCUT2D eigenvalue weighted by Gasteiger charge is 2.22. The van der Waals surface area contributed by atoms with Gasteiger partial charge in [-0.05, 0) is 60.9 Å². The number of nitrogens with zero attached hydrogens (tertiary/aromatic N) is 3. The summed E-state index contributed by atoms with van der Waals surface area (Å²) >= 11 is 4.99. The highest BCUT2D eigenvalue weighted by molar-refractivity contribution is 9.10. The molecule has 0 aliphatic heterocycles. The molecular weight excluding hydrogens is 542 g/mol.